The van der Waals surface area contributed by atoms with E-state index in [1.54, 1.807) is 0 Å². The molecule has 1 atom stereocenters. The van der Waals surface area contributed by atoms with Gasteiger partial charge in [-0.2, -0.15) is 0 Å². The summed E-state index contributed by atoms with van der Waals surface area (Å²) in [5, 5.41) is 0.108. The second-order valence-electron chi connectivity index (χ2n) is 9.28. The normalized spacial score (nSPS) is 13.0. The fourth-order valence-electron chi connectivity index (χ4n) is 2.33. The summed E-state index contributed by atoms with van der Waals surface area (Å²) in [7, 11) is -0.621. The molecule has 0 bridgehead atoms. The van der Waals surface area contributed by atoms with Crippen LogP contribution in [-0.4, -0.2) is 45.5 Å². The van der Waals surface area contributed by atoms with Crippen molar-refractivity contribution in [2.24, 2.45) is 5.92 Å². The number of ether oxygens (including phenoxy) is 2. The average molecular weight is 424 g/mol. The highest BCUT2D eigenvalue weighted by Gasteiger charge is 2.39. The van der Waals surface area contributed by atoms with Crippen LogP contribution in [0.15, 0.2) is 24.3 Å². The van der Waals surface area contributed by atoms with E-state index in [1.165, 1.54) is 12.0 Å². The summed E-state index contributed by atoms with van der Waals surface area (Å²) in [5.74, 6) is 0.534. The molecule has 0 aliphatic heterocycles. The van der Waals surface area contributed by atoms with Crippen LogP contribution in [-0.2, 0) is 14.3 Å². The van der Waals surface area contributed by atoms with E-state index in [4.69, 9.17) is 13.9 Å². The zero-order valence-corrected chi connectivity index (χ0v) is 20.4. The predicted octanol–water partition coefficient (Wildman–Crippen LogP) is 5.40. The van der Waals surface area contributed by atoms with E-state index < -0.39 is 20.4 Å². The standard InChI is InChI=1S/C22H37NO5Si/c1-16(2)15-27-21(25)23(14-20(24)26-7)17(3)18-10-12-19(13-11-18)28-29(8,9)22(4,5)6/h10-13,16-17H,14-15H2,1-9H3/t17-/m1/s1. The van der Waals surface area contributed by atoms with Crippen LogP contribution in [0.4, 0.5) is 4.79 Å². The van der Waals surface area contributed by atoms with Gasteiger partial charge < -0.3 is 13.9 Å². The van der Waals surface area contributed by atoms with Gasteiger partial charge in [-0.3, -0.25) is 9.69 Å². The van der Waals surface area contributed by atoms with Crippen LogP contribution in [0, 0.1) is 5.92 Å². The van der Waals surface area contributed by atoms with Crippen LogP contribution >= 0.6 is 0 Å². The highest BCUT2D eigenvalue weighted by atomic mass is 28.4. The molecular weight excluding hydrogens is 386 g/mol. The Morgan fingerprint density at radius 3 is 2.07 bits per heavy atom. The van der Waals surface area contributed by atoms with Gasteiger partial charge in [0.05, 0.1) is 19.8 Å². The van der Waals surface area contributed by atoms with Crippen molar-refractivity contribution in [2.75, 3.05) is 20.3 Å². The number of methoxy groups -OCH3 is 1. The molecule has 164 valence electrons. The Balaban J connectivity index is 2.99. The maximum atomic E-state index is 12.6. The minimum absolute atomic E-state index is 0.108. The Kier molecular flexibility index (Phi) is 8.75. The van der Waals surface area contributed by atoms with Crippen molar-refractivity contribution in [2.45, 2.75) is 65.7 Å². The number of hydrogen-bond acceptors (Lipinski definition) is 5. The molecule has 6 nitrogen and oxygen atoms in total. The van der Waals surface area contributed by atoms with Gasteiger partial charge in [0, 0.05) is 0 Å². The summed E-state index contributed by atoms with van der Waals surface area (Å²) in [5.41, 5.74) is 0.887. The van der Waals surface area contributed by atoms with Gasteiger partial charge in [-0.05, 0) is 48.7 Å². The monoisotopic (exact) mass is 423 g/mol. The van der Waals surface area contributed by atoms with Gasteiger partial charge >= 0.3 is 12.1 Å². The molecule has 1 aromatic carbocycles. The third-order valence-electron chi connectivity index (χ3n) is 5.31. The minimum Gasteiger partial charge on any atom is -0.544 e. The van der Waals surface area contributed by atoms with Crippen LogP contribution in [0.3, 0.4) is 0 Å². The first kappa shape index (κ1) is 25.0. The molecule has 0 saturated heterocycles. The molecule has 1 amide bonds. The molecule has 0 aliphatic rings. The Morgan fingerprint density at radius 1 is 1.07 bits per heavy atom. The number of rotatable bonds is 8. The third-order valence-corrected chi connectivity index (χ3v) is 9.67. The van der Waals surface area contributed by atoms with Crippen molar-refractivity contribution < 1.29 is 23.5 Å². The van der Waals surface area contributed by atoms with Crippen molar-refractivity contribution in [3.05, 3.63) is 29.8 Å². The van der Waals surface area contributed by atoms with E-state index in [1.807, 2.05) is 45.0 Å². The molecule has 29 heavy (non-hydrogen) atoms. The summed E-state index contributed by atoms with van der Waals surface area (Å²) in [4.78, 5) is 25.8. The molecule has 0 unspecified atom stereocenters. The smallest absolute Gasteiger partial charge is 0.410 e. The quantitative estimate of drug-likeness (QED) is 0.414. The lowest BCUT2D eigenvalue weighted by molar-refractivity contribution is -0.142. The SMILES string of the molecule is COC(=O)CN(C(=O)OCC(C)C)[C@H](C)c1ccc(O[Si](C)(C)C(C)(C)C)cc1. The zero-order chi connectivity index (χ0) is 22.4. The molecule has 0 aromatic heterocycles. The third kappa shape index (κ3) is 7.38. The largest absolute Gasteiger partial charge is 0.544 e. The molecule has 7 heteroatoms. The first-order chi connectivity index (χ1) is 13.3. The number of amides is 1. The van der Waals surface area contributed by atoms with E-state index in [2.05, 4.69) is 33.9 Å². The van der Waals surface area contributed by atoms with Gasteiger partial charge in [0.1, 0.15) is 12.3 Å². The number of hydrogen-bond donors (Lipinski definition) is 0. The van der Waals surface area contributed by atoms with Crippen LogP contribution in [0.5, 0.6) is 5.75 Å². The summed E-state index contributed by atoms with van der Waals surface area (Å²) >= 11 is 0. The summed E-state index contributed by atoms with van der Waals surface area (Å²) in [6.45, 7) is 16.9. The highest BCUT2D eigenvalue weighted by molar-refractivity contribution is 6.74. The van der Waals surface area contributed by atoms with Crippen molar-refractivity contribution in [1.82, 2.24) is 4.90 Å². The minimum atomic E-state index is -1.92. The summed E-state index contributed by atoms with van der Waals surface area (Å²) < 4.78 is 16.4. The molecule has 0 radical (unpaired) electrons. The fraction of sp³-hybridized carbons (Fsp3) is 0.636. The number of carbonyl (C=O) groups is 2. The van der Waals surface area contributed by atoms with E-state index >= 15 is 0 Å². The van der Waals surface area contributed by atoms with Gasteiger partial charge in [0.15, 0.2) is 0 Å². The van der Waals surface area contributed by atoms with Crippen molar-refractivity contribution in [3.63, 3.8) is 0 Å². The second kappa shape index (κ2) is 10.1. The number of esters is 1. The van der Waals surface area contributed by atoms with Gasteiger partial charge in [-0.15, -0.1) is 0 Å². The summed E-state index contributed by atoms with van der Waals surface area (Å²) in [6, 6.07) is 7.33. The van der Waals surface area contributed by atoms with E-state index in [9.17, 15) is 9.59 Å². The molecule has 0 heterocycles. The average Bonchev–Trinajstić information content (AvgIpc) is 2.62. The van der Waals surface area contributed by atoms with Gasteiger partial charge in [-0.25, -0.2) is 4.79 Å². The maximum Gasteiger partial charge on any atom is 0.410 e. The molecule has 0 aliphatic carbocycles. The summed E-state index contributed by atoms with van der Waals surface area (Å²) in [6.07, 6.45) is -0.529. The van der Waals surface area contributed by atoms with E-state index in [-0.39, 0.29) is 23.5 Å². The van der Waals surface area contributed by atoms with Crippen LogP contribution in [0.25, 0.3) is 0 Å². The van der Waals surface area contributed by atoms with E-state index in [0.29, 0.717) is 6.61 Å². The molecule has 0 N–H and O–H groups in total. The Hall–Kier alpha value is -2.02. The molecule has 0 spiro atoms. The van der Waals surface area contributed by atoms with Gasteiger partial charge in [-0.1, -0.05) is 46.8 Å². The van der Waals surface area contributed by atoms with Gasteiger partial charge in [0.2, 0.25) is 8.32 Å². The fourth-order valence-corrected chi connectivity index (χ4v) is 3.36. The Bertz CT molecular complexity index is 679. The Morgan fingerprint density at radius 2 is 1.62 bits per heavy atom. The first-order valence-corrected chi connectivity index (χ1v) is 13.0. The molecule has 1 rings (SSSR count). The molecular formula is C22H37NO5Si. The van der Waals surface area contributed by atoms with E-state index in [0.717, 1.165) is 11.3 Å². The number of carbonyl (C=O) groups excluding carboxylic acids is 2. The lowest BCUT2D eigenvalue weighted by atomic mass is 10.1. The van der Waals surface area contributed by atoms with Crippen molar-refractivity contribution in [1.29, 1.82) is 0 Å². The molecule has 0 saturated carbocycles. The van der Waals surface area contributed by atoms with Crippen LogP contribution in [0.2, 0.25) is 18.1 Å². The number of benzene rings is 1. The lowest BCUT2D eigenvalue weighted by Gasteiger charge is -2.36. The molecule has 0 fully saturated rings. The highest BCUT2D eigenvalue weighted by Crippen LogP contribution is 2.37. The van der Waals surface area contributed by atoms with Crippen LogP contribution < -0.4 is 4.43 Å². The zero-order valence-electron chi connectivity index (χ0n) is 19.4. The van der Waals surface area contributed by atoms with Crippen LogP contribution in [0.1, 0.15) is 53.1 Å². The maximum absolute atomic E-state index is 12.6. The lowest BCUT2D eigenvalue weighted by Crippen LogP contribution is -2.43. The predicted molar refractivity (Wildman–Crippen MR) is 118 cm³/mol. The Labute approximate surface area is 176 Å². The topological polar surface area (TPSA) is 65.1 Å². The molecule has 1 aromatic rings. The number of nitrogens with zero attached hydrogens (tertiary/aromatic N) is 1. The van der Waals surface area contributed by atoms with Crippen molar-refractivity contribution >= 4 is 20.4 Å². The van der Waals surface area contributed by atoms with Gasteiger partial charge in [0.25, 0.3) is 0 Å². The second-order valence-corrected chi connectivity index (χ2v) is 14.0. The first-order valence-electron chi connectivity index (χ1n) is 10.1. The van der Waals surface area contributed by atoms with Crippen molar-refractivity contribution in [3.8, 4) is 5.75 Å².